The van der Waals surface area contributed by atoms with Crippen molar-refractivity contribution in [3.63, 3.8) is 0 Å². The maximum atomic E-state index is 12.5. The van der Waals surface area contributed by atoms with Crippen LogP contribution in [-0.4, -0.2) is 19.6 Å². The lowest BCUT2D eigenvalue weighted by Crippen LogP contribution is -2.30. The van der Waals surface area contributed by atoms with E-state index in [1.807, 2.05) is 29.2 Å². The molecule has 0 fully saturated rings. The molecule has 1 amide bonds. The fourth-order valence-corrected chi connectivity index (χ4v) is 2.84. The van der Waals surface area contributed by atoms with Gasteiger partial charge in [-0.05, 0) is 42.7 Å². The average Bonchev–Trinajstić information content (AvgIpc) is 2.90. The van der Waals surface area contributed by atoms with E-state index in [0.717, 1.165) is 30.0 Å². The van der Waals surface area contributed by atoms with Gasteiger partial charge in [0.05, 0.1) is 13.5 Å². The van der Waals surface area contributed by atoms with Gasteiger partial charge in [-0.1, -0.05) is 29.8 Å². The Bertz CT molecular complexity index is 679. The van der Waals surface area contributed by atoms with Gasteiger partial charge in [-0.3, -0.25) is 4.79 Å². The summed E-state index contributed by atoms with van der Waals surface area (Å²) in [5.41, 5.74) is 4.57. The second-order valence-corrected chi connectivity index (χ2v) is 5.46. The zero-order valence-electron chi connectivity index (χ0n) is 12.4. The van der Waals surface area contributed by atoms with E-state index in [2.05, 4.69) is 25.1 Å². The van der Waals surface area contributed by atoms with E-state index < -0.39 is 0 Å². The first-order valence-electron chi connectivity index (χ1n) is 7.20. The van der Waals surface area contributed by atoms with Crippen LogP contribution in [0.2, 0.25) is 0 Å². The van der Waals surface area contributed by atoms with Crippen LogP contribution in [-0.2, 0) is 17.6 Å². The molecule has 0 saturated heterocycles. The molecule has 2 aromatic rings. The quantitative estimate of drug-likeness (QED) is 0.865. The summed E-state index contributed by atoms with van der Waals surface area (Å²) < 4.78 is 5.21. The van der Waals surface area contributed by atoms with E-state index in [1.54, 1.807) is 7.11 Å². The van der Waals surface area contributed by atoms with Gasteiger partial charge in [-0.15, -0.1) is 0 Å². The average molecular weight is 281 g/mol. The lowest BCUT2D eigenvalue weighted by atomic mass is 10.1. The zero-order chi connectivity index (χ0) is 14.8. The molecule has 1 aliphatic rings. The first-order valence-corrected chi connectivity index (χ1v) is 7.20. The molecule has 3 rings (SSSR count). The van der Waals surface area contributed by atoms with Gasteiger partial charge < -0.3 is 9.64 Å². The molecule has 0 aliphatic carbocycles. The highest BCUT2D eigenvalue weighted by Gasteiger charge is 2.24. The van der Waals surface area contributed by atoms with Crippen molar-refractivity contribution in [2.75, 3.05) is 18.6 Å². The SMILES string of the molecule is COc1cccc(CC(=O)N2CCc3cc(C)ccc32)c1. The Morgan fingerprint density at radius 1 is 1.24 bits per heavy atom. The summed E-state index contributed by atoms with van der Waals surface area (Å²) in [4.78, 5) is 14.4. The van der Waals surface area contributed by atoms with Gasteiger partial charge in [0.2, 0.25) is 5.91 Å². The Morgan fingerprint density at radius 3 is 2.90 bits per heavy atom. The molecule has 21 heavy (non-hydrogen) atoms. The molecule has 0 N–H and O–H groups in total. The third-order valence-corrected chi connectivity index (χ3v) is 3.92. The van der Waals surface area contributed by atoms with Crippen molar-refractivity contribution in [1.29, 1.82) is 0 Å². The number of carbonyl (C=O) groups excluding carboxylic acids is 1. The van der Waals surface area contributed by atoms with Gasteiger partial charge in [-0.25, -0.2) is 0 Å². The van der Waals surface area contributed by atoms with Crippen molar-refractivity contribution in [2.45, 2.75) is 19.8 Å². The summed E-state index contributed by atoms with van der Waals surface area (Å²) >= 11 is 0. The summed E-state index contributed by atoms with van der Waals surface area (Å²) in [6.07, 6.45) is 1.35. The molecule has 3 nitrogen and oxygen atoms in total. The van der Waals surface area contributed by atoms with Gasteiger partial charge in [0.15, 0.2) is 0 Å². The van der Waals surface area contributed by atoms with Crippen LogP contribution in [0.4, 0.5) is 5.69 Å². The first kappa shape index (κ1) is 13.7. The second kappa shape index (κ2) is 5.60. The van der Waals surface area contributed by atoms with Crippen molar-refractivity contribution in [1.82, 2.24) is 0 Å². The number of nitrogens with zero attached hydrogens (tertiary/aromatic N) is 1. The number of carbonyl (C=O) groups is 1. The molecular weight excluding hydrogens is 262 g/mol. The number of ether oxygens (including phenoxy) is 1. The van der Waals surface area contributed by atoms with Crippen molar-refractivity contribution >= 4 is 11.6 Å². The maximum absolute atomic E-state index is 12.5. The molecule has 108 valence electrons. The van der Waals surface area contributed by atoms with E-state index in [1.165, 1.54) is 11.1 Å². The predicted molar refractivity (Wildman–Crippen MR) is 83.9 cm³/mol. The molecule has 0 radical (unpaired) electrons. The molecule has 0 aromatic heterocycles. The van der Waals surface area contributed by atoms with Crippen LogP contribution in [0.15, 0.2) is 42.5 Å². The first-order chi connectivity index (χ1) is 10.2. The Morgan fingerprint density at radius 2 is 2.10 bits per heavy atom. The fourth-order valence-electron chi connectivity index (χ4n) is 2.84. The fraction of sp³-hybridized carbons (Fsp3) is 0.278. The Kier molecular flexibility index (Phi) is 3.65. The molecule has 0 bridgehead atoms. The Balaban J connectivity index is 1.78. The molecule has 2 aromatic carbocycles. The minimum Gasteiger partial charge on any atom is -0.497 e. The normalized spacial score (nSPS) is 13.1. The van der Waals surface area contributed by atoms with E-state index in [4.69, 9.17) is 4.74 Å². The highest BCUT2D eigenvalue weighted by atomic mass is 16.5. The monoisotopic (exact) mass is 281 g/mol. The predicted octanol–water partition coefficient (Wildman–Crippen LogP) is 3.14. The highest BCUT2D eigenvalue weighted by molar-refractivity contribution is 5.96. The zero-order valence-corrected chi connectivity index (χ0v) is 12.4. The number of hydrogen-bond acceptors (Lipinski definition) is 2. The summed E-state index contributed by atoms with van der Waals surface area (Å²) in [6, 6.07) is 14.0. The Labute approximate surface area is 125 Å². The third kappa shape index (κ3) is 2.77. The van der Waals surface area contributed by atoms with Crippen molar-refractivity contribution in [2.24, 2.45) is 0 Å². The second-order valence-electron chi connectivity index (χ2n) is 5.46. The number of fused-ring (bicyclic) bond motifs is 1. The minimum atomic E-state index is 0.144. The number of methoxy groups -OCH3 is 1. The standard InChI is InChI=1S/C18H19NO2/c1-13-6-7-17-15(10-13)8-9-19(17)18(20)12-14-4-3-5-16(11-14)21-2/h3-7,10-11H,8-9,12H2,1-2H3. The number of amides is 1. The molecule has 0 spiro atoms. The maximum Gasteiger partial charge on any atom is 0.231 e. The molecule has 0 saturated carbocycles. The number of rotatable bonds is 3. The smallest absolute Gasteiger partial charge is 0.231 e. The van der Waals surface area contributed by atoms with Crippen molar-refractivity contribution < 1.29 is 9.53 Å². The van der Waals surface area contributed by atoms with Crippen LogP contribution in [0.1, 0.15) is 16.7 Å². The lowest BCUT2D eigenvalue weighted by Gasteiger charge is -2.17. The molecule has 1 heterocycles. The number of anilines is 1. The van der Waals surface area contributed by atoms with Gasteiger partial charge in [0.1, 0.15) is 5.75 Å². The summed E-state index contributed by atoms with van der Waals surface area (Å²) in [5.74, 6) is 0.934. The summed E-state index contributed by atoms with van der Waals surface area (Å²) in [6.45, 7) is 2.86. The van der Waals surface area contributed by atoms with Gasteiger partial charge in [0, 0.05) is 12.2 Å². The van der Waals surface area contributed by atoms with E-state index in [0.29, 0.717) is 6.42 Å². The van der Waals surface area contributed by atoms with Crippen LogP contribution in [0.5, 0.6) is 5.75 Å². The van der Waals surface area contributed by atoms with Crippen LogP contribution in [0.25, 0.3) is 0 Å². The Hall–Kier alpha value is -2.29. The van der Waals surface area contributed by atoms with Crippen molar-refractivity contribution in [3.8, 4) is 5.75 Å². The van der Waals surface area contributed by atoms with Gasteiger partial charge >= 0.3 is 0 Å². The van der Waals surface area contributed by atoms with E-state index in [9.17, 15) is 4.79 Å². The molecular formula is C18H19NO2. The van der Waals surface area contributed by atoms with Crippen LogP contribution < -0.4 is 9.64 Å². The number of aryl methyl sites for hydroxylation is 1. The number of hydrogen-bond donors (Lipinski definition) is 0. The minimum absolute atomic E-state index is 0.144. The van der Waals surface area contributed by atoms with Crippen LogP contribution in [0, 0.1) is 6.92 Å². The summed E-state index contributed by atoms with van der Waals surface area (Å²) in [7, 11) is 1.64. The topological polar surface area (TPSA) is 29.5 Å². The third-order valence-electron chi connectivity index (χ3n) is 3.92. The van der Waals surface area contributed by atoms with Crippen LogP contribution >= 0.6 is 0 Å². The van der Waals surface area contributed by atoms with E-state index >= 15 is 0 Å². The highest BCUT2D eigenvalue weighted by Crippen LogP contribution is 2.29. The lowest BCUT2D eigenvalue weighted by molar-refractivity contribution is -0.117. The van der Waals surface area contributed by atoms with Crippen molar-refractivity contribution in [3.05, 3.63) is 59.2 Å². The van der Waals surface area contributed by atoms with Crippen LogP contribution in [0.3, 0.4) is 0 Å². The molecule has 0 atom stereocenters. The number of benzene rings is 2. The molecule has 3 heteroatoms. The molecule has 1 aliphatic heterocycles. The largest absolute Gasteiger partial charge is 0.497 e. The molecule has 0 unspecified atom stereocenters. The van der Waals surface area contributed by atoms with Gasteiger partial charge in [0.25, 0.3) is 0 Å². The van der Waals surface area contributed by atoms with Gasteiger partial charge in [-0.2, -0.15) is 0 Å². The van der Waals surface area contributed by atoms with E-state index in [-0.39, 0.29) is 5.91 Å². The summed E-state index contributed by atoms with van der Waals surface area (Å²) in [5, 5.41) is 0.